The number of nitrogens with one attached hydrogen (secondary N) is 2. The Hall–Kier alpha value is -3.31. The molecule has 2 atom stereocenters. The SMILES string of the molecule is CC(C)(C)CN1C(=O)C2(CNC(C(=O)Nc3cnc(C#N)nc3)C2)c2ccccc21. The third-order valence-corrected chi connectivity index (χ3v) is 5.54. The highest BCUT2D eigenvalue weighted by atomic mass is 16.2. The second-order valence-electron chi connectivity index (χ2n) is 9.09. The maximum atomic E-state index is 13.6. The molecule has 4 rings (SSSR count). The van der Waals surface area contributed by atoms with E-state index in [-0.39, 0.29) is 23.1 Å². The highest BCUT2D eigenvalue weighted by Crippen LogP contribution is 2.47. The van der Waals surface area contributed by atoms with Gasteiger partial charge in [0.2, 0.25) is 17.6 Å². The van der Waals surface area contributed by atoms with Gasteiger partial charge in [-0.2, -0.15) is 5.26 Å². The van der Waals surface area contributed by atoms with Crippen molar-refractivity contribution in [1.29, 1.82) is 5.26 Å². The number of fused-ring (bicyclic) bond motifs is 2. The number of nitriles is 1. The van der Waals surface area contributed by atoms with E-state index < -0.39 is 11.5 Å². The number of para-hydroxylation sites is 1. The molecule has 1 aromatic heterocycles. The normalized spacial score (nSPS) is 22.8. The van der Waals surface area contributed by atoms with Gasteiger partial charge in [0.25, 0.3) is 0 Å². The van der Waals surface area contributed by atoms with Gasteiger partial charge >= 0.3 is 0 Å². The van der Waals surface area contributed by atoms with Crippen LogP contribution in [0.1, 0.15) is 38.6 Å². The predicted octanol–water partition coefficient (Wildman–Crippen LogP) is 1.98. The van der Waals surface area contributed by atoms with Crippen LogP contribution >= 0.6 is 0 Å². The number of anilines is 2. The molecule has 3 heterocycles. The fourth-order valence-electron chi connectivity index (χ4n) is 4.25. The molecule has 1 spiro atoms. The number of rotatable bonds is 3. The quantitative estimate of drug-likeness (QED) is 0.809. The standard InChI is InChI=1S/C22H24N6O2/c1-21(2,3)13-28-17-7-5-4-6-15(17)22(20(28)30)8-16(26-12-22)19(29)27-14-10-24-18(9-23)25-11-14/h4-7,10-11,16,26H,8,12-13H2,1-3H3,(H,27,29). The molecule has 0 aliphatic carbocycles. The summed E-state index contributed by atoms with van der Waals surface area (Å²) in [6.07, 6.45) is 3.18. The molecule has 2 unspecified atom stereocenters. The van der Waals surface area contributed by atoms with E-state index in [0.717, 1.165) is 11.3 Å². The van der Waals surface area contributed by atoms with Gasteiger partial charge in [0, 0.05) is 18.8 Å². The Labute approximate surface area is 175 Å². The van der Waals surface area contributed by atoms with Gasteiger partial charge in [0.05, 0.1) is 29.5 Å². The van der Waals surface area contributed by atoms with E-state index in [1.165, 1.54) is 12.4 Å². The van der Waals surface area contributed by atoms with Gasteiger partial charge in [-0.15, -0.1) is 0 Å². The summed E-state index contributed by atoms with van der Waals surface area (Å²) in [7, 11) is 0. The van der Waals surface area contributed by atoms with E-state index in [0.29, 0.717) is 25.2 Å². The highest BCUT2D eigenvalue weighted by molar-refractivity contribution is 6.09. The van der Waals surface area contributed by atoms with Gasteiger partial charge in [-0.1, -0.05) is 39.0 Å². The first-order valence-corrected chi connectivity index (χ1v) is 9.91. The van der Waals surface area contributed by atoms with Crippen LogP contribution in [0.15, 0.2) is 36.7 Å². The maximum absolute atomic E-state index is 13.6. The largest absolute Gasteiger partial charge is 0.322 e. The average Bonchev–Trinajstić information content (AvgIpc) is 3.26. The zero-order valence-corrected chi connectivity index (χ0v) is 17.3. The summed E-state index contributed by atoms with van der Waals surface area (Å²) in [6.45, 7) is 7.35. The van der Waals surface area contributed by atoms with Crippen molar-refractivity contribution in [2.24, 2.45) is 5.41 Å². The molecule has 1 fully saturated rings. The number of nitrogens with zero attached hydrogens (tertiary/aromatic N) is 4. The minimum atomic E-state index is -0.745. The number of carbonyl (C=O) groups is 2. The van der Waals surface area contributed by atoms with Crippen molar-refractivity contribution in [3.63, 3.8) is 0 Å². The predicted molar refractivity (Wildman–Crippen MR) is 112 cm³/mol. The highest BCUT2D eigenvalue weighted by Gasteiger charge is 2.56. The molecule has 30 heavy (non-hydrogen) atoms. The average molecular weight is 404 g/mol. The van der Waals surface area contributed by atoms with Gasteiger partial charge in [0.15, 0.2) is 0 Å². The number of hydrogen-bond donors (Lipinski definition) is 2. The molecule has 154 valence electrons. The van der Waals surface area contributed by atoms with E-state index in [9.17, 15) is 9.59 Å². The van der Waals surface area contributed by atoms with Crippen LogP contribution in [0.3, 0.4) is 0 Å². The van der Waals surface area contributed by atoms with Crippen LogP contribution in [0, 0.1) is 16.7 Å². The van der Waals surface area contributed by atoms with Gasteiger partial charge < -0.3 is 15.5 Å². The summed E-state index contributed by atoms with van der Waals surface area (Å²) in [5, 5.41) is 14.8. The summed E-state index contributed by atoms with van der Waals surface area (Å²) < 4.78 is 0. The Kier molecular flexibility index (Phi) is 4.79. The first kappa shape index (κ1) is 20.0. The van der Waals surface area contributed by atoms with Crippen LogP contribution in [0.25, 0.3) is 0 Å². The minimum Gasteiger partial charge on any atom is -0.322 e. The second-order valence-corrected chi connectivity index (χ2v) is 9.09. The lowest BCUT2D eigenvalue weighted by Crippen LogP contribution is -2.44. The maximum Gasteiger partial charge on any atom is 0.241 e. The fourth-order valence-corrected chi connectivity index (χ4v) is 4.25. The molecular weight excluding hydrogens is 380 g/mol. The van der Waals surface area contributed by atoms with Crippen molar-refractivity contribution < 1.29 is 9.59 Å². The van der Waals surface area contributed by atoms with Crippen molar-refractivity contribution in [1.82, 2.24) is 15.3 Å². The van der Waals surface area contributed by atoms with Crippen LogP contribution in [0.2, 0.25) is 0 Å². The smallest absolute Gasteiger partial charge is 0.241 e. The molecule has 8 nitrogen and oxygen atoms in total. The molecule has 0 saturated carbocycles. The van der Waals surface area contributed by atoms with E-state index in [1.54, 1.807) is 0 Å². The Bertz CT molecular complexity index is 1040. The third kappa shape index (κ3) is 3.42. The van der Waals surface area contributed by atoms with Crippen molar-refractivity contribution in [2.75, 3.05) is 23.3 Å². The minimum absolute atomic E-state index is 0.0399. The molecule has 2 amide bonds. The topological polar surface area (TPSA) is 111 Å². The first-order chi connectivity index (χ1) is 14.2. The summed E-state index contributed by atoms with van der Waals surface area (Å²) in [5.41, 5.74) is 1.52. The lowest BCUT2D eigenvalue weighted by molar-refractivity contribution is -0.123. The van der Waals surface area contributed by atoms with Crippen LogP contribution in [0.5, 0.6) is 0 Å². The Morgan fingerprint density at radius 3 is 2.70 bits per heavy atom. The molecule has 0 bridgehead atoms. The second kappa shape index (κ2) is 7.18. The van der Waals surface area contributed by atoms with Gasteiger partial charge in [-0.3, -0.25) is 9.59 Å². The van der Waals surface area contributed by atoms with Gasteiger partial charge in [-0.05, 0) is 23.5 Å². The Balaban J connectivity index is 1.56. The number of hydrogen-bond acceptors (Lipinski definition) is 6. The van der Waals surface area contributed by atoms with Crippen LogP contribution < -0.4 is 15.5 Å². The van der Waals surface area contributed by atoms with Crippen molar-refractivity contribution in [3.8, 4) is 6.07 Å². The number of aromatic nitrogens is 2. The van der Waals surface area contributed by atoms with Crippen LogP contribution in [-0.4, -0.2) is 40.9 Å². The molecule has 2 aliphatic heterocycles. The zero-order chi connectivity index (χ0) is 21.5. The number of benzene rings is 1. The third-order valence-electron chi connectivity index (χ3n) is 5.54. The Morgan fingerprint density at radius 1 is 1.33 bits per heavy atom. The van der Waals surface area contributed by atoms with E-state index in [1.807, 2.05) is 35.2 Å². The Morgan fingerprint density at radius 2 is 2.03 bits per heavy atom. The molecule has 0 radical (unpaired) electrons. The molecule has 1 saturated heterocycles. The molecule has 1 aromatic carbocycles. The fraction of sp³-hybridized carbons (Fsp3) is 0.409. The van der Waals surface area contributed by atoms with E-state index >= 15 is 0 Å². The van der Waals surface area contributed by atoms with Crippen LogP contribution in [-0.2, 0) is 15.0 Å². The van der Waals surface area contributed by atoms with Crippen LogP contribution in [0.4, 0.5) is 11.4 Å². The summed E-state index contributed by atoms with van der Waals surface area (Å²) >= 11 is 0. The number of carbonyl (C=O) groups excluding carboxylic acids is 2. The summed E-state index contributed by atoms with van der Waals surface area (Å²) in [6, 6.07) is 9.18. The summed E-state index contributed by atoms with van der Waals surface area (Å²) in [4.78, 5) is 36.0. The lowest BCUT2D eigenvalue weighted by Gasteiger charge is -2.29. The van der Waals surface area contributed by atoms with Crippen molar-refractivity contribution in [2.45, 2.75) is 38.6 Å². The lowest BCUT2D eigenvalue weighted by atomic mass is 9.79. The summed E-state index contributed by atoms with van der Waals surface area (Å²) in [5.74, 6) is -0.166. The monoisotopic (exact) mass is 404 g/mol. The van der Waals surface area contributed by atoms with Gasteiger partial charge in [-0.25, -0.2) is 9.97 Å². The van der Waals surface area contributed by atoms with E-state index in [2.05, 4.69) is 41.4 Å². The van der Waals surface area contributed by atoms with Gasteiger partial charge in [0.1, 0.15) is 6.07 Å². The molecule has 2 aromatic rings. The van der Waals surface area contributed by atoms with E-state index in [4.69, 9.17) is 5.26 Å². The molecule has 2 N–H and O–H groups in total. The molecule has 8 heteroatoms. The zero-order valence-electron chi connectivity index (χ0n) is 17.3. The molecule has 2 aliphatic rings. The molecular formula is C22H24N6O2. The first-order valence-electron chi connectivity index (χ1n) is 9.91. The van der Waals surface area contributed by atoms with Crippen molar-refractivity contribution in [3.05, 3.63) is 48.0 Å². The van der Waals surface area contributed by atoms with Crippen molar-refractivity contribution >= 4 is 23.2 Å². The number of amides is 2.